The summed E-state index contributed by atoms with van der Waals surface area (Å²) in [5, 5.41) is 13.0. The first-order valence-electron chi connectivity index (χ1n) is 8.87. The van der Waals surface area contributed by atoms with Crippen molar-refractivity contribution in [2.75, 3.05) is 6.54 Å². The van der Waals surface area contributed by atoms with E-state index >= 15 is 0 Å². The summed E-state index contributed by atoms with van der Waals surface area (Å²) in [5.41, 5.74) is 1.57. The molecule has 7 heteroatoms. The van der Waals surface area contributed by atoms with Crippen molar-refractivity contribution in [3.63, 3.8) is 0 Å². The molecule has 0 bridgehead atoms. The standard InChI is InChI=1S/C20H22Cl3N3O/c1-2-3-12-24-20(27)19(10-6-14-4-7-15(21)8-5-14)26-25-18-11-9-16(22)13-17(18)23/h4-5,7-9,11,13,19H,2-3,6,10,12H2,1H3,(H,24,27). The molecule has 1 atom stereocenters. The molecule has 0 aliphatic heterocycles. The number of unbranched alkanes of at least 4 members (excludes halogenated alkanes) is 1. The fourth-order valence-electron chi connectivity index (χ4n) is 2.40. The van der Waals surface area contributed by atoms with Crippen LogP contribution in [0.3, 0.4) is 0 Å². The Morgan fingerprint density at radius 1 is 1.07 bits per heavy atom. The Kier molecular flexibility index (Phi) is 9.05. The first kappa shape index (κ1) is 21.7. The topological polar surface area (TPSA) is 53.8 Å². The molecular formula is C20H22Cl3N3O. The van der Waals surface area contributed by atoms with Gasteiger partial charge in [-0.05, 0) is 55.2 Å². The molecule has 1 amide bonds. The zero-order valence-electron chi connectivity index (χ0n) is 15.1. The van der Waals surface area contributed by atoms with Gasteiger partial charge in [0.1, 0.15) is 11.7 Å². The SMILES string of the molecule is CCCCNC(=O)C(CCc1ccc(Cl)cc1)N=Nc1ccc(Cl)cc1Cl. The Balaban J connectivity index is 2.08. The normalized spacial score (nSPS) is 12.3. The minimum absolute atomic E-state index is 0.133. The highest BCUT2D eigenvalue weighted by Gasteiger charge is 2.17. The molecule has 2 aromatic carbocycles. The Bertz CT molecular complexity index is 779. The van der Waals surface area contributed by atoms with Crippen LogP contribution in [0.1, 0.15) is 31.7 Å². The lowest BCUT2D eigenvalue weighted by Gasteiger charge is -2.12. The number of rotatable bonds is 9. The quantitative estimate of drug-likeness (QED) is 0.354. The van der Waals surface area contributed by atoms with Crippen molar-refractivity contribution in [2.24, 2.45) is 10.2 Å². The van der Waals surface area contributed by atoms with E-state index in [1.54, 1.807) is 18.2 Å². The van der Waals surface area contributed by atoms with Crippen LogP contribution in [0.4, 0.5) is 5.69 Å². The summed E-state index contributed by atoms with van der Waals surface area (Å²) in [7, 11) is 0. The smallest absolute Gasteiger partial charge is 0.246 e. The molecular weight excluding hydrogens is 405 g/mol. The highest BCUT2D eigenvalue weighted by atomic mass is 35.5. The van der Waals surface area contributed by atoms with Gasteiger partial charge in [0.05, 0.1) is 5.02 Å². The van der Waals surface area contributed by atoms with Gasteiger partial charge in [-0.15, -0.1) is 0 Å². The summed E-state index contributed by atoms with van der Waals surface area (Å²) in [4.78, 5) is 12.5. The zero-order chi connectivity index (χ0) is 19.6. The van der Waals surface area contributed by atoms with Gasteiger partial charge in [-0.25, -0.2) is 0 Å². The largest absolute Gasteiger partial charge is 0.354 e. The number of azo groups is 1. The molecule has 144 valence electrons. The van der Waals surface area contributed by atoms with E-state index in [0.717, 1.165) is 18.4 Å². The van der Waals surface area contributed by atoms with Crippen LogP contribution >= 0.6 is 34.8 Å². The molecule has 2 rings (SSSR count). The number of nitrogens with one attached hydrogen (secondary N) is 1. The van der Waals surface area contributed by atoms with Crippen LogP contribution in [0.5, 0.6) is 0 Å². The van der Waals surface area contributed by atoms with Gasteiger partial charge in [0, 0.05) is 16.6 Å². The van der Waals surface area contributed by atoms with E-state index in [4.69, 9.17) is 34.8 Å². The molecule has 4 nitrogen and oxygen atoms in total. The highest BCUT2D eigenvalue weighted by molar-refractivity contribution is 6.36. The maximum Gasteiger partial charge on any atom is 0.246 e. The second kappa shape index (κ2) is 11.3. The second-order valence-corrected chi connectivity index (χ2v) is 7.42. The van der Waals surface area contributed by atoms with Crippen LogP contribution in [0, 0.1) is 0 Å². The van der Waals surface area contributed by atoms with E-state index in [0.29, 0.717) is 40.1 Å². The van der Waals surface area contributed by atoms with Crippen LogP contribution in [-0.2, 0) is 11.2 Å². The van der Waals surface area contributed by atoms with Crippen molar-refractivity contribution in [1.82, 2.24) is 5.32 Å². The number of amides is 1. The number of benzene rings is 2. The van der Waals surface area contributed by atoms with Crippen LogP contribution < -0.4 is 5.32 Å². The van der Waals surface area contributed by atoms with E-state index in [2.05, 4.69) is 22.5 Å². The highest BCUT2D eigenvalue weighted by Crippen LogP contribution is 2.28. The van der Waals surface area contributed by atoms with Crippen molar-refractivity contribution in [3.8, 4) is 0 Å². The van der Waals surface area contributed by atoms with Crippen LogP contribution in [0.2, 0.25) is 15.1 Å². The number of halogens is 3. The zero-order valence-corrected chi connectivity index (χ0v) is 17.4. The summed E-state index contributed by atoms with van der Waals surface area (Å²) in [6, 6.07) is 11.9. The summed E-state index contributed by atoms with van der Waals surface area (Å²) in [6.07, 6.45) is 3.16. The summed E-state index contributed by atoms with van der Waals surface area (Å²) in [5.74, 6) is -0.133. The van der Waals surface area contributed by atoms with E-state index < -0.39 is 6.04 Å². The summed E-state index contributed by atoms with van der Waals surface area (Å²) in [6.45, 7) is 2.70. The van der Waals surface area contributed by atoms with Crippen molar-refractivity contribution >= 4 is 46.4 Å². The average molecular weight is 427 g/mol. The van der Waals surface area contributed by atoms with Crippen LogP contribution in [0.25, 0.3) is 0 Å². The molecule has 0 radical (unpaired) electrons. The lowest BCUT2D eigenvalue weighted by molar-refractivity contribution is -0.122. The van der Waals surface area contributed by atoms with Gasteiger partial charge in [0.25, 0.3) is 0 Å². The van der Waals surface area contributed by atoms with Gasteiger partial charge in [-0.3, -0.25) is 4.79 Å². The third-order valence-corrected chi connectivity index (χ3v) is 4.76. The van der Waals surface area contributed by atoms with Gasteiger partial charge in [0.15, 0.2) is 0 Å². The van der Waals surface area contributed by atoms with Gasteiger partial charge in [-0.2, -0.15) is 10.2 Å². The number of aryl methyl sites for hydroxylation is 1. The number of hydrogen-bond donors (Lipinski definition) is 1. The summed E-state index contributed by atoms with van der Waals surface area (Å²) >= 11 is 18.0. The minimum Gasteiger partial charge on any atom is -0.354 e. The predicted molar refractivity (Wildman–Crippen MR) is 112 cm³/mol. The Hall–Kier alpha value is -1.62. The number of carbonyl (C=O) groups is 1. The monoisotopic (exact) mass is 425 g/mol. The lowest BCUT2D eigenvalue weighted by atomic mass is 10.1. The molecule has 0 saturated heterocycles. The minimum atomic E-state index is -0.593. The van der Waals surface area contributed by atoms with Crippen molar-refractivity contribution in [1.29, 1.82) is 0 Å². The molecule has 0 aliphatic carbocycles. The average Bonchev–Trinajstić information content (AvgIpc) is 2.64. The molecule has 0 saturated carbocycles. The lowest BCUT2D eigenvalue weighted by Crippen LogP contribution is -2.34. The molecule has 27 heavy (non-hydrogen) atoms. The van der Waals surface area contributed by atoms with E-state index in [1.807, 2.05) is 24.3 Å². The molecule has 2 aromatic rings. The fourth-order valence-corrected chi connectivity index (χ4v) is 2.97. The first-order valence-corrected chi connectivity index (χ1v) is 10.0. The van der Waals surface area contributed by atoms with Gasteiger partial charge < -0.3 is 5.32 Å². The maximum atomic E-state index is 12.5. The van der Waals surface area contributed by atoms with E-state index in [-0.39, 0.29) is 5.91 Å². The number of nitrogens with zero attached hydrogens (tertiary/aromatic N) is 2. The predicted octanol–water partition coefficient (Wildman–Crippen LogP) is 6.65. The number of hydrogen-bond acceptors (Lipinski definition) is 3. The van der Waals surface area contributed by atoms with Crippen molar-refractivity contribution in [3.05, 3.63) is 63.1 Å². The van der Waals surface area contributed by atoms with Crippen molar-refractivity contribution in [2.45, 2.75) is 38.6 Å². The van der Waals surface area contributed by atoms with Gasteiger partial charge in [0.2, 0.25) is 5.91 Å². The Morgan fingerprint density at radius 2 is 1.78 bits per heavy atom. The third kappa shape index (κ3) is 7.49. The second-order valence-electron chi connectivity index (χ2n) is 6.14. The Labute approximate surface area is 174 Å². The fraction of sp³-hybridized carbons (Fsp3) is 0.350. The first-order chi connectivity index (χ1) is 13.0. The molecule has 0 aromatic heterocycles. The van der Waals surface area contributed by atoms with E-state index in [9.17, 15) is 4.79 Å². The molecule has 0 fully saturated rings. The molecule has 0 heterocycles. The van der Waals surface area contributed by atoms with Gasteiger partial charge in [-0.1, -0.05) is 60.3 Å². The number of carbonyl (C=O) groups excluding carboxylic acids is 1. The molecule has 1 N–H and O–H groups in total. The molecule has 1 unspecified atom stereocenters. The van der Waals surface area contributed by atoms with E-state index in [1.165, 1.54) is 0 Å². The van der Waals surface area contributed by atoms with Crippen LogP contribution in [-0.4, -0.2) is 18.5 Å². The Morgan fingerprint density at radius 3 is 2.44 bits per heavy atom. The molecule has 0 aliphatic rings. The molecule has 0 spiro atoms. The van der Waals surface area contributed by atoms with Crippen LogP contribution in [0.15, 0.2) is 52.7 Å². The summed E-state index contributed by atoms with van der Waals surface area (Å²) < 4.78 is 0. The maximum absolute atomic E-state index is 12.5. The van der Waals surface area contributed by atoms with Crippen molar-refractivity contribution < 1.29 is 4.79 Å². The van der Waals surface area contributed by atoms with Gasteiger partial charge >= 0.3 is 0 Å². The third-order valence-electron chi connectivity index (χ3n) is 3.97.